The van der Waals surface area contributed by atoms with Crippen LogP contribution in [0.1, 0.15) is 18.4 Å². The van der Waals surface area contributed by atoms with Crippen LogP contribution in [0.3, 0.4) is 0 Å². The van der Waals surface area contributed by atoms with Crippen molar-refractivity contribution in [3.63, 3.8) is 0 Å². The fourth-order valence-electron chi connectivity index (χ4n) is 2.78. The number of anilines is 1. The van der Waals surface area contributed by atoms with Gasteiger partial charge in [0.15, 0.2) is 0 Å². The molecule has 1 unspecified atom stereocenters. The van der Waals surface area contributed by atoms with E-state index in [2.05, 4.69) is 4.90 Å². The van der Waals surface area contributed by atoms with Crippen LogP contribution in [0, 0.1) is 11.7 Å². The van der Waals surface area contributed by atoms with Crippen molar-refractivity contribution in [1.82, 2.24) is 0 Å². The number of hydrogen-bond donors (Lipinski definition) is 1. The molecular weight excluding hydrogens is 243 g/mol. The minimum atomic E-state index is -0.135. The summed E-state index contributed by atoms with van der Waals surface area (Å²) in [7, 11) is 1.72. The first-order chi connectivity index (χ1) is 9.24. The molecular formula is C15H23FN2O. The van der Waals surface area contributed by atoms with E-state index >= 15 is 0 Å². The summed E-state index contributed by atoms with van der Waals surface area (Å²) in [5, 5.41) is 0. The summed E-state index contributed by atoms with van der Waals surface area (Å²) < 4.78 is 19.4. The minimum Gasteiger partial charge on any atom is -0.384 e. The monoisotopic (exact) mass is 266 g/mol. The minimum absolute atomic E-state index is 0.135. The third kappa shape index (κ3) is 3.67. The van der Waals surface area contributed by atoms with E-state index in [-0.39, 0.29) is 5.82 Å². The van der Waals surface area contributed by atoms with E-state index in [4.69, 9.17) is 10.5 Å². The molecule has 3 nitrogen and oxygen atoms in total. The van der Waals surface area contributed by atoms with Crippen LogP contribution in [-0.4, -0.2) is 33.4 Å². The van der Waals surface area contributed by atoms with E-state index in [0.29, 0.717) is 18.2 Å². The molecule has 1 heterocycles. The number of halogens is 1. The van der Waals surface area contributed by atoms with Crippen molar-refractivity contribution >= 4 is 5.69 Å². The van der Waals surface area contributed by atoms with Gasteiger partial charge in [-0.25, -0.2) is 4.39 Å². The molecule has 0 radical (unpaired) electrons. The highest BCUT2D eigenvalue weighted by Gasteiger charge is 2.21. The Morgan fingerprint density at radius 3 is 3.00 bits per heavy atom. The Kier molecular flexibility index (Phi) is 5.16. The maximum atomic E-state index is 14.2. The molecule has 0 aliphatic carbocycles. The molecule has 4 heteroatoms. The van der Waals surface area contributed by atoms with Crippen molar-refractivity contribution in [2.45, 2.75) is 19.3 Å². The van der Waals surface area contributed by atoms with Crippen LogP contribution in [-0.2, 0) is 11.2 Å². The van der Waals surface area contributed by atoms with Gasteiger partial charge in [-0.3, -0.25) is 0 Å². The largest absolute Gasteiger partial charge is 0.384 e. The summed E-state index contributed by atoms with van der Waals surface area (Å²) in [4.78, 5) is 2.13. The van der Waals surface area contributed by atoms with Gasteiger partial charge in [0.1, 0.15) is 5.82 Å². The predicted molar refractivity (Wildman–Crippen MR) is 76.0 cm³/mol. The molecule has 1 aromatic carbocycles. The third-order valence-electron chi connectivity index (χ3n) is 3.71. The number of hydrogen-bond acceptors (Lipinski definition) is 3. The van der Waals surface area contributed by atoms with Gasteiger partial charge in [0.05, 0.1) is 12.3 Å². The van der Waals surface area contributed by atoms with Gasteiger partial charge in [-0.15, -0.1) is 0 Å². The molecule has 0 saturated carbocycles. The number of nitrogens with two attached hydrogens (primary N) is 1. The van der Waals surface area contributed by atoms with Gasteiger partial charge in [-0.1, -0.05) is 6.07 Å². The second kappa shape index (κ2) is 6.87. The van der Waals surface area contributed by atoms with Crippen molar-refractivity contribution in [3.05, 3.63) is 29.6 Å². The van der Waals surface area contributed by atoms with E-state index < -0.39 is 0 Å². The molecule has 0 spiro atoms. The molecule has 106 valence electrons. The predicted octanol–water partition coefficient (Wildman–Crippen LogP) is 2.19. The Morgan fingerprint density at radius 1 is 1.47 bits per heavy atom. The number of piperidine rings is 1. The fraction of sp³-hybridized carbons (Fsp3) is 0.600. The summed E-state index contributed by atoms with van der Waals surface area (Å²) >= 11 is 0. The maximum absolute atomic E-state index is 14.2. The van der Waals surface area contributed by atoms with Gasteiger partial charge in [-0.2, -0.15) is 0 Å². The van der Waals surface area contributed by atoms with Gasteiger partial charge in [0, 0.05) is 20.2 Å². The van der Waals surface area contributed by atoms with Crippen LogP contribution in [0.5, 0.6) is 0 Å². The topological polar surface area (TPSA) is 38.5 Å². The molecule has 1 saturated heterocycles. The quantitative estimate of drug-likeness (QED) is 0.888. The lowest BCUT2D eigenvalue weighted by molar-refractivity contribution is 0.143. The second-order valence-electron chi connectivity index (χ2n) is 5.23. The first-order valence-electron chi connectivity index (χ1n) is 6.97. The average molecular weight is 266 g/mol. The highest BCUT2D eigenvalue weighted by molar-refractivity contribution is 5.49. The summed E-state index contributed by atoms with van der Waals surface area (Å²) in [6.07, 6.45) is 2.98. The Morgan fingerprint density at radius 2 is 2.32 bits per heavy atom. The van der Waals surface area contributed by atoms with Crippen LogP contribution in [0.4, 0.5) is 10.1 Å². The SMILES string of the molecule is COCC1CCCN(c2ccc(CCN)cc2F)C1. The molecule has 1 aromatic rings. The highest BCUT2D eigenvalue weighted by Crippen LogP contribution is 2.26. The number of nitrogens with zero attached hydrogens (tertiary/aromatic N) is 1. The Bertz CT molecular complexity index is 409. The Balaban J connectivity index is 2.08. The van der Waals surface area contributed by atoms with Crippen LogP contribution >= 0.6 is 0 Å². The first-order valence-corrected chi connectivity index (χ1v) is 6.97. The van der Waals surface area contributed by atoms with Gasteiger partial charge >= 0.3 is 0 Å². The molecule has 2 rings (SSSR count). The Hall–Kier alpha value is -1.13. The molecule has 0 aromatic heterocycles. The summed E-state index contributed by atoms with van der Waals surface area (Å²) in [6.45, 7) is 3.11. The molecule has 1 atom stereocenters. The zero-order chi connectivity index (χ0) is 13.7. The van der Waals surface area contributed by atoms with Crippen LogP contribution in [0.15, 0.2) is 18.2 Å². The zero-order valence-electron chi connectivity index (χ0n) is 11.6. The van der Waals surface area contributed by atoms with Crippen molar-refractivity contribution in [2.75, 3.05) is 38.3 Å². The van der Waals surface area contributed by atoms with Crippen molar-refractivity contribution in [3.8, 4) is 0 Å². The van der Waals surface area contributed by atoms with Crippen LogP contribution in [0.25, 0.3) is 0 Å². The lowest BCUT2D eigenvalue weighted by Gasteiger charge is -2.34. The van der Waals surface area contributed by atoms with E-state index in [1.165, 1.54) is 0 Å². The van der Waals surface area contributed by atoms with E-state index in [9.17, 15) is 4.39 Å². The summed E-state index contributed by atoms with van der Waals surface area (Å²) in [5.74, 6) is 0.367. The number of rotatable bonds is 5. The van der Waals surface area contributed by atoms with E-state index in [1.54, 1.807) is 13.2 Å². The normalized spacial score (nSPS) is 19.7. The lowest BCUT2D eigenvalue weighted by atomic mass is 9.98. The molecule has 2 N–H and O–H groups in total. The maximum Gasteiger partial charge on any atom is 0.146 e. The molecule has 1 aliphatic rings. The molecule has 0 amide bonds. The molecule has 1 aliphatic heterocycles. The van der Waals surface area contributed by atoms with Crippen LogP contribution < -0.4 is 10.6 Å². The third-order valence-corrected chi connectivity index (χ3v) is 3.71. The fourth-order valence-corrected chi connectivity index (χ4v) is 2.78. The number of ether oxygens (including phenoxy) is 1. The Labute approximate surface area is 114 Å². The van der Waals surface area contributed by atoms with Gasteiger partial charge in [0.2, 0.25) is 0 Å². The standard InChI is InChI=1S/C15H23FN2O/c1-19-11-13-3-2-8-18(10-13)15-5-4-12(6-7-17)9-14(15)16/h4-5,9,13H,2-3,6-8,10-11,17H2,1H3. The number of benzene rings is 1. The van der Waals surface area contributed by atoms with Crippen molar-refractivity contribution in [2.24, 2.45) is 11.7 Å². The molecule has 19 heavy (non-hydrogen) atoms. The molecule has 0 bridgehead atoms. The average Bonchev–Trinajstić information content (AvgIpc) is 2.40. The lowest BCUT2D eigenvalue weighted by Crippen LogP contribution is -2.37. The number of methoxy groups -OCH3 is 1. The van der Waals surface area contributed by atoms with Crippen molar-refractivity contribution < 1.29 is 9.13 Å². The van der Waals surface area contributed by atoms with Gasteiger partial charge in [0.25, 0.3) is 0 Å². The van der Waals surface area contributed by atoms with E-state index in [1.807, 2.05) is 12.1 Å². The van der Waals surface area contributed by atoms with Crippen LogP contribution in [0.2, 0.25) is 0 Å². The summed E-state index contributed by atoms with van der Waals surface area (Å²) in [5.41, 5.74) is 7.17. The smallest absolute Gasteiger partial charge is 0.146 e. The van der Waals surface area contributed by atoms with E-state index in [0.717, 1.165) is 44.5 Å². The van der Waals surface area contributed by atoms with Gasteiger partial charge < -0.3 is 15.4 Å². The highest BCUT2D eigenvalue weighted by atomic mass is 19.1. The van der Waals surface area contributed by atoms with Gasteiger partial charge in [-0.05, 0) is 49.4 Å². The first kappa shape index (κ1) is 14.3. The van der Waals surface area contributed by atoms with Crippen molar-refractivity contribution in [1.29, 1.82) is 0 Å². The second-order valence-corrected chi connectivity index (χ2v) is 5.23. The summed E-state index contributed by atoms with van der Waals surface area (Å²) in [6, 6.07) is 5.48. The molecule has 1 fully saturated rings. The zero-order valence-corrected chi connectivity index (χ0v) is 11.6.